The van der Waals surface area contributed by atoms with Gasteiger partial charge in [-0.2, -0.15) is 0 Å². The van der Waals surface area contributed by atoms with Gasteiger partial charge in [-0.15, -0.1) is 0 Å². The number of nitro groups is 1. The Kier molecular flexibility index (Phi) is 4.21. The minimum absolute atomic E-state index is 0.0210. The van der Waals surface area contributed by atoms with Crippen LogP contribution in [0, 0.1) is 21.4 Å². The number of hydrogen-bond donors (Lipinski definition) is 2. The highest BCUT2D eigenvalue weighted by atomic mass is 16.6. The van der Waals surface area contributed by atoms with E-state index in [1.807, 2.05) is 6.92 Å². The first-order valence-corrected chi connectivity index (χ1v) is 8.23. The largest absolute Gasteiger partial charge is 0.377 e. The van der Waals surface area contributed by atoms with Crippen molar-refractivity contribution in [1.82, 2.24) is 10.6 Å². The molecule has 0 bridgehead atoms. The number of urea groups is 1. The van der Waals surface area contributed by atoms with Crippen LogP contribution in [-0.2, 0) is 4.74 Å². The van der Waals surface area contributed by atoms with Crippen molar-refractivity contribution < 1.29 is 14.5 Å². The van der Waals surface area contributed by atoms with Gasteiger partial charge in [0.15, 0.2) is 0 Å². The molecule has 3 rings (SSSR count). The van der Waals surface area contributed by atoms with Gasteiger partial charge in [-0.1, -0.05) is 26.0 Å². The van der Waals surface area contributed by atoms with Gasteiger partial charge in [0, 0.05) is 36.1 Å². The summed E-state index contributed by atoms with van der Waals surface area (Å²) in [7, 11) is 0. The number of nitro benzene ring substituents is 1. The van der Waals surface area contributed by atoms with E-state index >= 15 is 0 Å². The highest BCUT2D eigenvalue weighted by Gasteiger charge is 2.59. The Bertz CT molecular complexity index is 661. The predicted molar refractivity (Wildman–Crippen MR) is 88.6 cm³/mol. The van der Waals surface area contributed by atoms with E-state index in [2.05, 4.69) is 24.5 Å². The number of carbonyl (C=O) groups excluding carboxylic acids is 1. The van der Waals surface area contributed by atoms with Crippen LogP contribution in [0.25, 0.3) is 0 Å². The second-order valence-corrected chi connectivity index (χ2v) is 7.23. The van der Waals surface area contributed by atoms with E-state index < -0.39 is 4.92 Å². The molecule has 1 aromatic carbocycles. The smallest absolute Gasteiger partial charge is 0.315 e. The van der Waals surface area contributed by atoms with Gasteiger partial charge in [-0.3, -0.25) is 10.1 Å². The standard InChI is InChI=1S/C17H23N3O4/c1-10(11-5-4-6-12(9-11)20(22)23)18-16(21)19-14-13-7-8-24-15(13)17(14,2)3/h4-6,9-10,13-15H,7-8H2,1-3H3,(H2,18,19,21)/t10-,13-,14+,15-/m0/s1. The van der Waals surface area contributed by atoms with Gasteiger partial charge in [0.05, 0.1) is 17.1 Å². The lowest BCUT2D eigenvalue weighted by atomic mass is 9.57. The molecule has 4 atom stereocenters. The fourth-order valence-corrected chi connectivity index (χ4v) is 3.99. The molecule has 1 aliphatic carbocycles. The summed E-state index contributed by atoms with van der Waals surface area (Å²) in [5.74, 6) is 0.374. The lowest BCUT2D eigenvalue weighted by molar-refractivity contribution is -0.384. The number of non-ortho nitro benzene ring substituents is 1. The summed E-state index contributed by atoms with van der Waals surface area (Å²) < 4.78 is 5.73. The summed E-state index contributed by atoms with van der Waals surface area (Å²) in [5.41, 5.74) is 0.648. The Balaban J connectivity index is 1.61. The van der Waals surface area contributed by atoms with Crippen LogP contribution in [0.15, 0.2) is 24.3 Å². The molecule has 1 aliphatic heterocycles. The molecule has 0 unspecified atom stereocenters. The van der Waals surface area contributed by atoms with Gasteiger partial charge in [0.1, 0.15) is 0 Å². The van der Waals surface area contributed by atoms with E-state index in [1.165, 1.54) is 12.1 Å². The molecule has 0 radical (unpaired) electrons. The third-order valence-electron chi connectivity index (χ3n) is 5.32. The van der Waals surface area contributed by atoms with E-state index in [0.29, 0.717) is 11.5 Å². The molecule has 2 N–H and O–H groups in total. The van der Waals surface area contributed by atoms with Gasteiger partial charge in [-0.25, -0.2) is 4.79 Å². The molecule has 1 saturated carbocycles. The van der Waals surface area contributed by atoms with Crippen molar-refractivity contribution in [2.45, 2.75) is 45.4 Å². The monoisotopic (exact) mass is 333 g/mol. The summed E-state index contributed by atoms with van der Waals surface area (Å²) in [6, 6.07) is 5.83. The zero-order valence-electron chi connectivity index (χ0n) is 14.1. The highest BCUT2D eigenvalue weighted by molar-refractivity contribution is 5.75. The topological polar surface area (TPSA) is 93.5 Å². The van der Waals surface area contributed by atoms with Crippen LogP contribution in [0.2, 0.25) is 0 Å². The zero-order chi connectivity index (χ0) is 17.5. The maximum Gasteiger partial charge on any atom is 0.315 e. The molecule has 2 fully saturated rings. The summed E-state index contributed by atoms with van der Waals surface area (Å²) in [6.45, 7) is 6.78. The van der Waals surface area contributed by atoms with Crippen molar-refractivity contribution in [3.63, 3.8) is 0 Å². The summed E-state index contributed by atoms with van der Waals surface area (Å²) in [5, 5.41) is 16.8. The van der Waals surface area contributed by atoms with Crippen molar-refractivity contribution >= 4 is 11.7 Å². The number of fused-ring (bicyclic) bond motifs is 1. The normalized spacial score (nSPS) is 28.4. The number of carbonyl (C=O) groups is 1. The van der Waals surface area contributed by atoms with Crippen LogP contribution in [0.4, 0.5) is 10.5 Å². The van der Waals surface area contributed by atoms with Crippen LogP contribution in [0.5, 0.6) is 0 Å². The van der Waals surface area contributed by atoms with Crippen LogP contribution < -0.4 is 10.6 Å². The Morgan fingerprint density at radius 2 is 2.21 bits per heavy atom. The Morgan fingerprint density at radius 1 is 1.46 bits per heavy atom. The molecule has 24 heavy (non-hydrogen) atoms. The fourth-order valence-electron chi connectivity index (χ4n) is 3.99. The molecule has 1 heterocycles. The Labute approximate surface area is 140 Å². The van der Waals surface area contributed by atoms with Gasteiger partial charge in [0.25, 0.3) is 5.69 Å². The van der Waals surface area contributed by atoms with E-state index in [0.717, 1.165) is 13.0 Å². The first kappa shape index (κ1) is 16.7. The van der Waals surface area contributed by atoms with Gasteiger partial charge >= 0.3 is 6.03 Å². The summed E-state index contributed by atoms with van der Waals surface area (Å²) in [6.07, 6.45) is 1.19. The first-order valence-electron chi connectivity index (χ1n) is 8.23. The predicted octanol–water partition coefficient (Wildman–Crippen LogP) is 2.77. The molecule has 0 spiro atoms. The number of nitrogens with zero attached hydrogens (tertiary/aromatic N) is 1. The number of hydrogen-bond acceptors (Lipinski definition) is 4. The molecule has 2 aliphatic rings. The van der Waals surface area contributed by atoms with E-state index in [-0.39, 0.29) is 35.3 Å². The average molecular weight is 333 g/mol. The van der Waals surface area contributed by atoms with Crippen LogP contribution in [0.1, 0.15) is 38.8 Å². The van der Waals surface area contributed by atoms with Crippen molar-refractivity contribution in [2.24, 2.45) is 11.3 Å². The average Bonchev–Trinajstić information content (AvgIpc) is 3.00. The summed E-state index contributed by atoms with van der Waals surface area (Å²) >= 11 is 0. The SMILES string of the molecule is C[C@H](NC(=O)N[C@@H]1[C@@H]2CCO[C@@H]2C1(C)C)c1cccc([N+](=O)[O-])c1. The number of ether oxygens (including phenoxy) is 1. The first-order chi connectivity index (χ1) is 11.3. The number of nitrogens with one attached hydrogen (secondary N) is 2. The maximum absolute atomic E-state index is 12.3. The van der Waals surface area contributed by atoms with Crippen molar-refractivity contribution in [1.29, 1.82) is 0 Å². The lowest BCUT2D eigenvalue weighted by Gasteiger charge is -2.54. The van der Waals surface area contributed by atoms with Gasteiger partial charge < -0.3 is 15.4 Å². The molecule has 2 amide bonds. The maximum atomic E-state index is 12.3. The molecule has 130 valence electrons. The molecular formula is C17H23N3O4. The molecule has 0 aromatic heterocycles. The second-order valence-electron chi connectivity index (χ2n) is 7.23. The molecular weight excluding hydrogens is 310 g/mol. The Hall–Kier alpha value is -2.15. The molecule has 1 saturated heterocycles. The Morgan fingerprint density at radius 3 is 2.92 bits per heavy atom. The van der Waals surface area contributed by atoms with E-state index in [1.54, 1.807) is 12.1 Å². The van der Waals surface area contributed by atoms with Crippen LogP contribution in [-0.4, -0.2) is 29.7 Å². The number of amides is 2. The number of rotatable bonds is 4. The van der Waals surface area contributed by atoms with Crippen molar-refractivity contribution in [3.05, 3.63) is 39.9 Å². The molecule has 7 heteroatoms. The van der Waals surface area contributed by atoms with Gasteiger partial charge in [0.2, 0.25) is 0 Å². The van der Waals surface area contributed by atoms with E-state index in [9.17, 15) is 14.9 Å². The second kappa shape index (κ2) is 6.05. The molecule has 7 nitrogen and oxygen atoms in total. The third-order valence-corrected chi connectivity index (χ3v) is 5.32. The highest BCUT2D eigenvalue weighted by Crippen LogP contribution is 2.52. The minimum Gasteiger partial charge on any atom is -0.377 e. The number of benzene rings is 1. The minimum atomic E-state index is -0.437. The van der Waals surface area contributed by atoms with E-state index in [4.69, 9.17) is 4.74 Å². The van der Waals surface area contributed by atoms with Crippen molar-refractivity contribution in [2.75, 3.05) is 6.61 Å². The fraction of sp³-hybridized carbons (Fsp3) is 0.588. The van der Waals surface area contributed by atoms with Crippen molar-refractivity contribution in [3.8, 4) is 0 Å². The van der Waals surface area contributed by atoms with Crippen LogP contribution >= 0.6 is 0 Å². The van der Waals surface area contributed by atoms with Crippen LogP contribution in [0.3, 0.4) is 0 Å². The lowest BCUT2D eigenvalue weighted by Crippen LogP contribution is -2.67. The molecule has 1 aromatic rings. The summed E-state index contributed by atoms with van der Waals surface area (Å²) in [4.78, 5) is 22.8. The zero-order valence-corrected chi connectivity index (χ0v) is 14.1. The van der Waals surface area contributed by atoms with Gasteiger partial charge in [-0.05, 0) is 18.9 Å². The quantitative estimate of drug-likeness (QED) is 0.654. The third kappa shape index (κ3) is 2.84.